The van der Waals surface area contributed by atoms with Crippen molar-refractivity contribution in [3.8, 4) is 0 Å². The fraction of sp³-hybridized carbons (Fsp3) is 0.533. The zero-order valence-corrected chi connectivity index (χ0v) is 12.4. The summed E-state index contributed by atoms with van der Waals surface area (Å²) in [6.07, 6.45) is 0. The van der Waals surface area contributed by atoms with E-state index in [0.29, 0.717) is 12.6 Å². The third kappa shape index (κ3) is 2.53. The molecular formula is C15H23N3O. The predicted octanol–water partition coefficient (Wildman–Crippen LogP) is 1.99. The Bertz CT molecular complexity index is 482. The number of fused-ring (bicyclic) bond motifs is 1. The molecule has 0 radical (unpaired) electrons. The highest BCUT2D eigenvalue weighted by Gasteiger charge is 2.28. The van der Waals surface area contributed by atoms with Crippen LogP contribution in [0.15, 0.2) is 18.2 Å². The van der Waals surface area contributed by atoms with Gasteiger partial charge in [0.15, 0.2) is 0 Å². The van der Waals surface area contributed by atoms with Crippen LogP contribution in [0.3, 0.4) is 0 Å². The molecular weight excluding hydrogens is 238 g/mol. The van der Waals surface area contributed by atoms with Gasteiger partial charge >= 0.3 is 0 Å². The van der Waals surface area contributed by atoms with Crippen molar-refractivity contribution in [3.05, 3.63) is 23.8 Å². The van der Waals surface area contributed by atoms with E-state index >= 15 is 0 Å². The quantitative estimate of drug-likeness (QED) is 0.884. The van der Waals surface area contributed by atoms with Crippen LogP contribution in [-0.2, 0) is 11.3 Å². The van der Waals surface area contributed by atoms with Gasteiger partial charge in [0.25, 0.3) is 0 Å². The SMILES string of the molecule is CC(C)N1c2ccc(N(C)C)cc2CNC(=O)[C@@H]1C. The summed E-state index contributed by atoms with van der Waals surface area (Å²) in [5.41, 5.74) is 3.50. The van der Waals surface area contributed by atoms with Crippen LogP contribution in [0, 0.1) is 0 Å². The molecule has 104 valence electrons. The highest BCUT2D eigenvalue weighted by molar-refractivity contribution is 5.87. The second-order valence-corrected chi connectivity index (χ2v) is 5.60. The van der Waals surface area contributed by atoms with Gasteiger partial charge in [0.2, 0.25) is 5.91 Å². The van der Waals surface area contributed by atoms with Crippen molar-refractivity contribution < 1.29 is 4.79 Å². The monoisotopic (exact) mass is 261 g/mol. The maximum Gasteiger partial charge on any atom is 0.242 e. The lowest BCUT2D eigenvalue weighted by molar-refractivity contribution is -0.122. The van der Waals surface area contributed by atoms with Crippen LogP contribution < -0.4 is 15.1 Å². The van der Waals surface area contributed by atoms with Crippen LogP contribution in [0.2, 0.25) is 0 Å². The second kappa shape index (κ2) is 5.11. The average Bonchev–Trinajstić information content (AvgIpc) is 2.47. The fourth-order valence-corrected chi connectivity index (χ4v) is 2.63. The molecule has 1 amide bonds. The molecule has 0 fully saturated rings. The van der Waals surface area contributed by atoms with Crippen LogP contribution >= 0.6 is 0 Å². The summed E-state index contributed by atoms with van der Waals surface area (Å²) < 4.78 is 0. The number of anilines is 2. The molecule has 2 rings (SSSR count). The first-order valence-corrected chi connectivity index (χ1v) is 6.78. The number of hydrogen-bond donors (Lipinski definition) is 1. The molecule has 0 aromatic heterocycles. The van der Waals surface area contributed by atoms with Crippen LogP contribution in [0.5, 0.6) is 0 Å². The van der Waals surface area contributed by atoms with Crippen molar-refractivity contribution in [1.29, 1.82) is 0 Å². The molecule has 1 aromatic carbocycles. The molecule has 1 atom stereocenters. The van der Waals surface area contributed by atoms with Gasteiger partial charge in [-0.05, 0) is 44.5 Å². The van der Waals surface area contributed by atoms with Gasteiger partial charge in [-0.2, -0.15) is 0 Å². The number of carbonyl (C=O) groups is 1. The highest BCUT2D eigenvalue weighted by Crippen LogP contribution is 2.30. The van der Waals surface area contributed by atoms with Crippen LogP contribution in [-0.4, -0.2) is 32.1 Å². The number of carbonyl (C=O) groups excluding carboxylic acids is 1. The molecule has 0 spiro atoms. The molecule has 1 N–H and O–H groups in total. The maximum atomic E-state index is 12.1. The van der Waals surface area contributed by atoms with E-state index in [9.17, 15) is 4.79 Å². The van der Waals surface area contributed by atoms with E-state index in [1.807, 2.05) is 21.0 Å². The third-order valence-corrected chi connectivity index (χ3v) is 3.66. The lowest BCUT2D eigenvalue weighted by Gasteiger charge is -2.33. The Labute approximate surface area is 115 Å². The zero-order valence-electron chi connectivity index (χ0n) is 12.4. The summed E-state index contributed by atoms with van der Waals surface area (Å²) in [7, 11) is 4.06. The van der Waals surface area contributed by atoms with Crippen LogP contribution in [0.25, 0.3) is 0 Å². The molecule has 0 saturated carbocycles. The molecule has 1 heterocycles. The number of nitrogens with zero attached hydrogens (tertiary/aromatic N) is 2. The first-order chi connectivity index (χ1) is 8.91. The second-order valence-electron chi connectivity index (χ2n) is 5.60. The standard InChI is InChI=1S/C15H23N3O/c1-10(2)18-11(3)15(19)16-9-12-8-13(17(4)5)6-7-14(12)18/h6-8,10-11H,9H2,1-5H3,(H,16,19)/t11-/m0/s1. The Hall–Kier alpha value is -1.71. The normalized spacial score (nSPS) is 18.9. The van der Waals surface area contributed by atoms with Crippen LogP contribution in [0.1, 0.15) is 26.3 Å². The van der Waals surface area contributed by atoms with Crippen molar-refractivity contribution in [2.45, 2.75) is 39.4 Å². The number of hydrogen-bond acceptors (Lipinski definition) is 3. The van der Waals surface area contributed by atoms with Gasteiger partial charge in [-0.1, -0.05) is 0 Å². The fourth-order valence-electron chi connectivity index (χ4n) is 2.63. The van der Waals surface area contributed by atoms with Crippen LogP contribution in [0.4, 0.5) is 11.4 Å². The molecule has 1 aliphatic rings. The van der Waals surface area contributed by atoms with E-state index in [4.69, 9.17) is 0 Å². The van der Waals surface area contributed by atoms with Crippen molar-refractivity contribution >= 4 is 17.3 Å². The van der Waals surface area contributed by atoms with E-state index < -0.39 is 0 Å². The van der Waals surface area contributed by atoms with Gasteiger partial charge < -0.3 is 15.1 Å². The molecule has 0 unspecified atom stereocenters. The molecule has 1 aromatic rings. The Kier molecular flexibility index (Phi) is 3.69. The summed E-state index contributed by atoms with van der Waals surface area (Å²) in [5, 5.41) is 3.00. The minimum absolute atomic E-state index is 0.0938. The largest absolute Gasteiger partial charge is 0.378 e. The smallest absolute Gasteiger partial charge is 0.242 e. The molecule has 4 nitrogen and oxygen atoms in total. The molecule has 0 aliphatic carbocycles. The highest BCUT2D eigenvalue weighted by atomic mass is 16.2. The Morgan fingerprint density at radius 3 is 2.63 bits per heavy atom. The average molecular weight is 261 g/mol. The van der Waals surface area contributed by atoms with Crippen molar-refractivity contribution in [1.82, 2.24) is 5.32 Å². The summed E-state index contributed by atoms with van der Waals surface area (Å²) in [6.45, 7) is 6.81. The first-order valence-electron chi connectivity index (χ1n) is 6.78. The number of nitrogens with one attached hydrogen (secondary N) is 1. The number of amides is 1. The summed E-state index contributed by atoms with van der Waals surface area (Å²) >= 11 is 0. The molecule has 19 heavy (non-hydrogen) atoms. The lowest BCUT2D eigenvalue weighted by atomic mass is 10.1. The van der Waals surface area contributed by atoms with Gasteiger partial charge in [-0.25, -0.2) is 0 Å². The summed E-state index contributed by atoms with van der Waals surface area (Å²) in [4.78, 5) is 16.3. The molecule has 0 bridgehead atoms. The molecule has 0 saturated heterocycles. The Morgan fingerprint density at radius 1 is 1.37 bits per heavy atom. The molecule has 4 heteroatoms. The van der Waals surface area contributed by atoms with Gasteiger partial charge in [0.05, 0.1) is 0 Å². The minimum Gasteiger partial charge on any atom is -0.378 e. The van der Waals surface area contributed by atoms with Gasteiger partial charge in [-0.3, -0.25) is 4.79 Å². The van der Waals surface area contributed by atoms with E-state index in [1.165, 1.54) is 5.56 Å². The maximum absolute atomic E-state index is 12.1. The number of benzene rings is 1. The van der Waals surface area contributed by atoms with E-state index in [2.05, 4.69) is 47.2 Å². The summed E-state index contributed by atoms with van der Waals surface area (Å²) in [6, 6.07) is 6.55. The lowest BCUT2D eigenvalue weighted by Crippen LogP contribution is -2.46. The van der Waals surface area contributed by atoms with E-state index in [0.717, 1.165) is 11.4 Å². The molecule has 1 aliphatic heterocycles. The third-order valence-electron chi connectivity index (χ3n) is 3.66. The first kappa shape index (κ1) is 13.7. The van der Waals surface area contributed by atoms with Crippen molar-refractivity contribution in [2.24, 2.45) is 0 Å². The van der Waals surface area contributed by atoms with Gasteiger partial charge in [0.1, 0.15) is 6.04 Å². The van der Waals surface area contributed by atoms with Gasteiger partial charge in [-0.15, -0.1) is 0 Å². The number of rotatable bonds is 2. The zero-order chi connectivity index (χ0) is 14.2. The Balaban J connectivity index is 2.50. The van der Waals surface area contributed by atoms with Gasteiger partial charge in [0, 0.05) is 38.1 Å². The predicted molar refractivity (Wildman–Crippen MR) is 79.7 cm³/mol. The summed E-state index contributed by atoms with van der Waals surface area (Å²) in [5.74, 6) is 0.0938. The minimum atomic E-state index is -0.133. The van der Waals surface area contributed by atoms with Crippen molar-refractivity contribution in [2.75, 3.05) is 23.9 Å². The van der Waals surface area contributed by atoms with E-state index in [1.54, 1.807) is 0 Å². The Morgan fingerprint density at radius 2 is 2.05 bits per heavy atom. The van der Waals surface area contributed by atoms with E-state index in [-0.39, 0.29) is 11.9 Å². The topological polar surface area (TPSA) is 35.6 Å². The van der Waals surface area contributed by atoms with Crippen molar-refractivity contribution in [3.63, 3.8) is 0 Å².